The van der Waals surface area contributed by atoms with E-state index in [0.29, 0.717) is 10.6 Å². The van der Waals surface area contributed by atoms with Crippen molar-refractivity contribution in [3.63, 3.8) is 0 Å². The Morgan fingerprint density at radius 1 is 1.03 bits per heavy atom. The minimum absolute atomic E-state index is 0.243. The molecule has 5 rings (SSSR count). The lowest BCUT2D eigenvalue weighted by Crippen LogP contribution is -2.51. The second-order valence-corrected chi connectivity index (χ2v) is 9.88. The molecular weight excluding hydrogens is 408 g/mol. The van der Waals surface area contributed by atoms with Gasteiger partial charge < -0.3 is 10.3 Å². The second kappa shape index (κ2) is 7.32. The number of halogens is 1. The Morgan fingerprint density at radius 3 is 2.55 bits per heavy atom. The first-order chi connectivity index (χ1) is 14.0. The molecule has 3 heterocycles. The van der Waals surface area contributed by atoms with Crippen LogP contribution in [-0.4, -0.2) is 37.6 Å². The molecule has 1 saturated heterocycles. The number of piperidine rings is 1. The number of likely N-dealkylation sites (tertiary alicyclic amines) is 1. The number of benzene rings is 2. The summed E-state index contributed by atoms with van der Waals surface area (Å²) in [4.78, 5) is 6.12. The SMILES string of the molecule is O=S1(=O)NC(C2CCN(Cc3[nH]c4ccccc4c3Cl)CC2)Nc2ccccc21. The van der Waals surface area contributed by atoms with Gasteiger partial charge in [-0.15, -0.1) is 0 Å². The van der Waals surface area contributed by atoms with Crippen LogP contribution in [0.1, 0.15) is 18.5 Å². The maximum atomic E-state index is 12.6. The molecule has 0 spiro atoms. The van der Waals surface area contributed by atoms with Crippen LogP contribution in [0.25, 0.3) is 10.9 Å². The van der Waals surface area contributed by atoms with Gasteiger partial charge in [-0.25, -0.2) is 8.42 Å². The van der Waals surface area contributed by atoms with Crippen LogP contribution in [0.4, 0.5) is 5.69 Å². The molecule has 2 aliphatic rings. The maximum absolute atomic E-state index is 12.6. The molecule has 152 valence electrons. The minimum atomic E-state index is -3.47. The first kappa shape index (κ1) is 18.9. The van der Waals surface area contributed by atoms with Gasteiger partial charge in [0.2, 0.25) is 10.0 Å². The third-order valence-corrected chi connectivity index (χ3v) is 7.90. The van der Waals surface area contributed by atoms with Crippen LogP contribution in [0, 0.1) is 5.92 Å². The van der Waals surface area contributed by atoms with E-state index >= 15 is 0 Å². The number of aromatic amines is 1. The molecule has 2 aromatic carbocycles. The Kier molecular flexibility index (Phi) is 4.78. The van der Waals surface area contributed by atoms with E-state index in [1.165, 1.54) is 0 Å². The van der Waals surface area contributed by atoms with Gasteiger partial charge in [-0.3, -0.25) is 4.90 Å². The van der Waals surface area contributed by atoms with Crippen LogP contribution < -0.4 is 10.0 Å². The normalized spacial score (nSPS) is 22.3. The number of hydrogen-bond donors (Lipinski definition) is 3. The molecule has 6 nitrogen and oxygen atoms in total. The number of nitrogens with zero attached hydrogens (tertiary/aromatic N) is 1. The predicted octanol–water partition coefficient (Wildman–Crippen LogP) is 3.76. The third-order valence-electron chi connectivity index (χ3n) is 5.97. The summed E-state index contributed by atoms with van der Waals surface area (Å²) in [5.41, 5.74) is 2.78. The molecule has 1 atom stereocenters. The molecule has 1 aromatic heterocycles. The summed E-state index contributed by atoms with van der Waals surface area (Å²) in [5.74, 6) is 0.243. The average molecular weight is 431 g/mol. The van der Waals surface area contributed by atoms with E-state index in [-0.39, 0.29) is 12.1 Å². The monoisotopic (exact) mass is 430 g/mol. The van der Waals surface area contributed by atoms with Crippen LogP contribution in [0.15, 0.2) is 53.4 Å². The molecule has 3 aromatic rings. The van der Waals surface area contributed by atoms with Gasteiger partial charge >= 0.3 is 0 Å². The fraction of sp³-hybridized carbons (Fsp3) is 0.333. The molecule has 0 amide bonds. The molecule has 0 aliphatic carbocycles. The second-order valence-electron chi connectivity index (χ2n) is 7.82. The van der Waals surface area contributed by atoms with Gasteiger partial charge in [-0.1, -0.05) is 41.9 Å². The molecule has 0 saturated carbocycles. The first-order valence-corrected chi connectivity index (χ1v) is 11.7. The lowest BCUT2D eigenvalue weighted by Gasteiger charge is -2.38. The number of sulfonamides is 1. The highest BCUT2D eigenvalue weighted by Crippen LogP contribution is 2.32. The molecule has 1 unspecified atom stereocenters. The Morgan fingerprint density at radius 2 is 1.76 bits per heavy atom. The van der Waals surface area contributed by atoms with E-state index < -0.39 is 10.0 Å². The van der Waals surface area contributed by atoms with Crippen LogP contribution >= 0.6 is 11.6 Å². The predicted molar refractivity (Wildman–Crippen MR) is 115 cm³/mol. The van der Waals surface area contributed by atoms with Crippen LogP contribution in [0.5, 0.6) is 0 Å². The molecule has 3 N–H and O–H groups in total. The van der Waals surface area contributed by atoms with Crippen molar-refractivity contribution in [1.82, 2.24) is 14.6 Å². The number of aromatic nitrogens is 1. The quantitative estimate of drug-likeness (QED) is 0.591. The van der Waals surface area contributed by atoms with Gasteiger partial charge in [0.25, 0.3) is 0 Å². The summed E-state index contributed by atoms with van der Waals surface area (Å²) < 4.78 is 28.0. The van der Waals surface area contributed by atoms with E-state index in [9.17, 15) is 8.42 Å². The van der Waals surface area contributed by atoms with Crippen molar-refractivity contribution in [2.24, 2.45) is 5.92 Å². The van der Waals surface area contributed by atoms with Crippen molar-refractivity contribution in [1.29, 1.82) is 0 Å². The van der Waals surface area contributed by atoms with Crippen molar-refractivity contribution >= 4 is 38.2 Å². The molecular formula is C21H23ClN4O2S. The molecule has 1 fully saturated rings. The zero-order valence-electron chi connectivity index (χ0n) is 15.9. The fourth-order valence-electron chi connectivity index (χ4n) is 4.40. The van der Waals surface area contributed by atoms with Gasteiger partial charge in [0.15, 0.2) is 0 Å². The zero-order chi connectivity index (χ0) is 20.0. The van der Waals surface area contributed by atoms with E-state index in [1.54, 1.807) is 12.1 Å². The number of hydrogen-bond acceptors (Lipinski definition) is 4. The number of nitrogens with one attached hydrogen (secondary N) is 3. The summed E-state index contributed by atoms with van der Waals surface area (Å²) in [5, 5.41) is 5.22. The van der Waals surface area contributed by atoms with E-state index in [4.69, 9.17) is 11.6 Å². The third kappa shape index (κ3) is 3.53. The van der Waals surface area contributed by atoms with Crippen LogP contribution in [0.3, 0.4) is 0 Å². The van der Waals surface area contributed by atoms with E-state index in [0.717, 1.165) is 54.1 Å². The first-order valence-electron chi connectivity index (χ1n) is 9.86. The highest BCUT2D eigenvalue weighted by Gasteiger charge is 2.35. The van der Waals surface area contributed by atoms with Crippen molar-refractivity contribution in [3.8, 4) is 0 Å². The Hall–Kier alpha value is -2.06. The number of H-pyrrole nitrogens is 1. The molecule has 0 bridgehead atoms. The van der Waals surface area contributed by atoms with Crippen molar-refractivity contribution in [2.45, 2.75) is 30.4 Å². The Bertz CT molecular complexity index is 1150. The summed E-state index contributed by atoms with van der Waals surface area (Å²) in [6.07, 6.45) is 1.56. The number of fused-ring (bicyclic) bond motifs is 2. The summed E-state index contributed by atoms with van der Waals surface area (Å²) in [6, 6.07) is 15.1. The number of rotatable bonds is 3. The fourth-order valence-corrected chi connectivity index (χ4v) is 6.06. The number of para-hydroxylation sites is 2. The van der Waals surface area contributed by atoms with Gasteiger partial charge in [-0.05, 0) is 50.0 Å². The molecule has 2 aliphatic heterocycles. The smallest absolute Gasteiger partial charge is 0.244 e. The van der Waals surface area contributed by atoms with Crippen LogP contribution in [0.2, 0.25) is 5.02 Å². The maximum Gasteiger partial charge on any atom is 0.244 e. The van der Waals surface area contributed by atoms with Crippen molar-refractivity contribution < 1.29 is 8.42 Å². The van der Waals surface area contributed by atoms with Gasteiger partial charge in [-0.2, -0.15) is 4.72 Å². The molecule has 0 radical (unpaired) electrons. The summed E-state index contributed by atoms with van der Waals surface area (Å²) in [7, 11) is -3.47. The Balaban J connectivity index is 1.26. The molecule has 29 heavy (non-hydrogen) atoms. The minimum Gasteiger partial charge on any atom is -0.368 e. The van der Waals surface area contributed by atoms with Gasteiger partial charge in [0.1, 0.15) is 4.90 Å². The lowest BCUT2D eigenvalue weighted by molar-refractivity contribution is 0.162. The van der Waals surface area contributed by atoms with Crippen molar-refractivity contribution in [3.05, 3.63) is 59.2 Å². The largest absolute Gasteiger partial charge is 0.368 e. The number of anilines is 1. The standard InChI is InChI=1S/C21H23ClN4O2S/c22-20-15-5-1-2-6-16(15)23-18(20)13-26-11-9-14(10-12-26)21-24-17-7-3-4-8-19(17)29(27,28)25-21/h1-8,14,21,23-25H,9-13H2. The topological polar surface area (TPSA) is 77.2 Å². The van der Waals surface area contributed by atoms with Crippen LogP contribution in [-0.2, 0) is 16.6 Å². The Labute approximate surface area is 175 Å². The van der Waals surface area contributed by atoms with Gasteiger partial charge in [0.05, 0.1) is 16.9 Å². The highest BCUT2D eigenvalue weighted by molar-refractivity contribution is 7.89. The average Bonchev–Trinajstić information content (AvgIpc) is 3.04. The zero-order valence-corrected chi connectivity index (χ0v) is 17.4. The lowest BCUT2D eigenvalue weighted by atomic mass is 9.93. The van der Waals surface area contributed by atoms with Gasteiger partial charge in [0, 0.05) is 23.1 Å². The van der Waals surface area contributed by atoms with E-state index in [1.807, 2.05) is 36.4 Å². The van der Waals surface area contributed by atoms with Crippen molar-refractivity contribution in [2.75, 3.05) is 18.4 Å². The summed E-state index contributed by atoms with van der Waals surface area (Å²) >= 11 is 6.56. The summed E-state index contributed by atoms with van der Waals surface area (Å²) in [6.45, 7) is 2.57. The highest BCUT2D eigenvalue weighted by atomic mass is 35.5. The molecule has 8 heteroatoms. The van der Waals surface area contributed by atoms with E-state index in [2.05, 4.69) is 19.9 Å².